The fourth-order valence-corrected chi connectivity index (χ4v) is 2.93. The number of carbonyl (C=O) groups is 1. The first-order chi connectivity index (χ1) is 9.95. The Morgan fingerprint density at radius 3 is 2.41 bits per heavy atom. The lowest BCUT2D eigenvalue weighted by atomic mass is 9.75. The van der Waals surface area contributed by atoms with Crippen molar-refractivity contribution >= 4 is 11.6 Å². The van der Waals surface area contributed by atoms with Gasteiger partial charge in [0.05, 0.1) is 10.5 Å². The lowest BCUT2D eigenvalue weighted by Crippen LogP contribution is -2.54. The molecule has 0 unspecified atom stereocenters. The van der Waals surface area contributed by atoms with Crippen LogP contribution in [0, 0.1) is 15.5 Å². The van der Waals surface area contributed by atoms with Crippen molar-refractivity contribution in [2.75, 3.05) is 6.54 Å². The Morgan fingerprint density at radius 1 is 1.32 bits per heavy atom. The van der Waals surface area contributed by atoms with Gasteiger partial charge in [0.15, 0.2) is 0 Å². The second-order valence-electron chi connectivity index (χ2n) is 7.85. The number of nitro benzene ring substituents is 1. The zero-order valence-corrected chi connectivity index (χ0v) is 14.1. The van der Waals surface area contributed by atoms with Gasteiger partial charge < -0.3 is 4.90 Å². The largest absolute Gasteiger partial charge is 0.335 e. The minimum Gasteiger partial charge on any atom is -0.335 e. The molecular weight excluding hydrogens is 280 g/mol. The molecular formula is C17H24N2O3. The number of non-ortho nitro benzene ring substituents is 1. The number of rotatable bonds is 2. The molecule has 0 aliphatic carbocycles. The first kappa shape index (κ1) is 16.5. The molecule has 0 aromatic heterocycles. The summed E-state index contributed by atoms with van der Waals surface area (Å²) in [6, 6.07) is 4.67. The SMILES string of the molecule is C[C@@H](N1CC(C)(C)c2ccc([N+](=O)[O-])cc2C1=O)C(C)(C)C. The van der Waals surface area contributed by atoms with Crippen molar-refractivity contribution in [2.45, 2.75) is 53.0 Å². The molecule has 1 atom stereocenters. The molecule has 5 nitrogen and oxygen atoms in total. The summed E-state index contributed by atoms with van der Waals surface area (Å²) in [7, 11) is 0. The molecule has 0 bridgehead atoms. The molecule has 1 heterocycles. The zero-order valence-electron chi connectivity index (χ0n) is 14.1. The van der Waals surface area contributed by atoms with E-state index in [9.17, 15) is 14.9 Å². The van der Waals surface area contributed by atoms with Crippen LogP contribution in [0.5, 0.6) is 0 Å². The van der Waals surface area contributed by atoms with Gasteiger partial charge in [0.1, 0.15) is 0 Å². The molecule has 0 saturated heterocycles. The van der Waals surface area contributed by atoms with Gasteiger partial charge in [0.25, 0.3) is 11.6 Å². The molecule has 0 spiro atoms. The van der Waals surface area contributed by atoms with Crippen molar-refractivity contribution in [1.29, 1.82) is 0 Å². The van der Waals surface area contributed by atoms with Gasteiger partial charge in [-0.15, -0.1) is 0 Å². The van der Waals surface area contributed by atoms with E-state index in [1.165, 1.54) is 12.1 Å². The lowest BCUT2D eigenvalue weighted by Gasteiger charge is -2.46. The lowest BCUT2D eigenvalue weighted by molar-refractivity contribution is -0.384. The molecule has 1 aliphatic rings. The van der Waals surface area contributed by atoms with E-state index in [0.29, 0.717) is 12.1 Å². The van der Waals surface area contributed by atoms with Gasteiger partial charge in [0.2, 0.25) is 0 Å². The summed E-state index contributed by atoms with van der Waals surface area (Å²) in [5, 5.41) is 11.0. The third-order valence-electron chi connectivity index (χ3n) is 4.72. The van der Waals surface area contributed by atoms with E-state index in [1.807, 2.05) is 11.8 Å². The van der Waals surface area contributed by atoms with E-state index >= 15 is 0 Å². The molecule has 2 rings (SSSR count). The van der Waals surface area contributed by atoms with Crippen LogP contribution in [0.15, 0.2) is 18.2 Å². The van der Waals surface area contributed by atoms with Gasteiger partial charge in [0, 0.05) is 30.1 Å². The van der Waals surface area contributed by atoms with Crippen LogP contribution < -0.4 is 0 Å². The van der Waals surface area contributed by atoms with Crippen LogP contribution in [-0.2, 0) is 5.41 Å². The maximum absolute atomic E-state index is 12.9. The second kappa shape index (κ2) is 5.07. The topological polar surface area (TPSA) is 63.4 Å². The first-order valence-electron chi connectivity index (χ1n) is 7.55. The zero-order chi connectivity index (χ0) is 16.9. The Bertz CT molecular complexity index is 629. The molecule has 1 aliphatic heterocycles. The van der Waals surface area contributed by atoms with E-state index in [2.05, 4.69) is 34.6 Å². The highest BCUT2D eigenvalue weighted by atomic mass is 16.6. The highest BCUT2D eigenvalue weighted by Crippen LogP contribution is 2.38. The molecule has 1 aromatic carbocycles. The normalized spacial score (nSPS) is 18.8. The van der Waals surface area contributed by atoms with Gasteiger partial charge in [-0.1, -0.05) is 40.7 Å². The molecule has 1 aromatic rings. The van der Waals surface area contributed by atoms with Crippen molar-refractivity contribution in [1.82, 2.24) is 4.90 Å². The predicted octanol–water partition coefficient (Wildman–Crippen LogP) is 3.76. The van der Waals surface area contributed by atoms with Crippen LogP contribution in [0.2, 0.25) is 0 Å². The smallest absolute Gasteiger partial charge is 0.270 e. The van der Waals surface area contributed by atoms with Gasteiger partial charge >= 0.3 is 0 Å². The Hall–Kier alpha value is -1.91. The van der Waals surface area contributed by atoms with Crippen molar-refractivity contribution in [2.24, 2.45) is 5.41 Å². The van der Waals surface area contributed by atoms with Crippen LogP contribution in [0.4, 0.5) is 5.69 Å². The second-order valence-corrected chi connectivity index (χ2v) is 7.85. The quantitative estimate of drug-likeness (QED) is 0.617. The van der Waals surface area contributed by atoms with Gasteiger partial charge in [-0.2, -0.15) is 0 Å². The standard InChI is InChI=1S/C17H24N2O3/c1-11(16(2,3)4)18-10-17(5,6)14-8-7-12(19(21)22)9-13(14)15(18)20/h7-9,11H,10H2,1-6H3/t11-/m1/s1. The number of hydrogen-bond acceptors (Lipinski definition) is 3. The molecule has 5 heteroatoms. The van der Waals surface area contributed by atoms with E-state index in [1.54, 1.807) is 6.07 Å². The molecule has 0 N–H and O–H groups in total. The number of fused-ring (bicyclic) bond motifs is 1. The number of nitro groups is 1. The minimum absolute atomic E-state index is 0.0341. The summed E-state index contributed by atoms with van der Waals surface area (Å²) in [6.45, 7) is 13.1. The molecule has 120 valence electrons. The van der Waals surface area contributed by atoms with Gasteiger partial charge in [-0.3, -0.25) is 14.9 Å². The fraction of sp³-hybridized carbons (Fsp3) is 0.588. The molecule has 1 amide bonds. The number of nitrogens with zero attached hydrogens (tertiary/aromatic N) is 2. The first-order valence-corrected chi connectivity index (χ1v) is 7.55. The minimum atomic E-state index is -0.452. The van der Waals surface area contributed by atoms with Crippen molar-refractivity contribution in [3.8, 4) is 0 Å². The summed E-state index contributed by atoms with van der Waals surface area (Å²) in [5.41, 5.74) is 1.04. The molecule has 0 radical (unpaired) electrons. The maximum Gasteiger partial charge on any atom is 0.270 e. The summed E-state index contributed by atoms with van der Waals surface area (Å²) >= 11 is 0. The summed E-state index contributed by atoms with van der Waals surface area (Å²) < 4.78 is 0. The number of amides is 1. The van der Waals surface area contributed by atoms with Crippen molar-refractivity contribution in [3.63, 3.8) is 0 Å². The fourth-order valence-electron chi connectivity index (χ4n) is 2.93. The third kappa shape index (κ3) is 2.72. The van der Waals surface area contributed by atoms with Crippen LogP contribution in [0.25, 0.3) is 0 Å². The molecule has 0 saturated carbocycles. The summed E-state index contributed by atoms with van der Waals surface area (Å²) in [6.07, 6.45) is 0. The monoisotopic (exact) mass is 304 g/mol. The van der Waals surface area contributed by atoms with Crippen LogP contribution in [-0.4, -0.2) is 28.3 Å². The van der Waals surface area contributed by atoms with Crippen molar-refractivity contribution in [3.05, 3.63) is 39.4 Å². The van der Waals surface area contributed by atoms with E-state index in [-0.39, 0.29) is 28.5 Å². The average Bonchev–Trinajstić information content (AvgIpc) is 2.40. The number of benzene rings is 1. The molecule has 22 heavy (non-hydrogen) atoms. The van der Waals surface area contributed by atoms with Crippen LogP contribution >= 0.6 is 0 Å². The Kier molecular flexibility index (Phi) is 3.80. The van der Waals surface area contributed by atoms with E-state index in [4.69, 9.17) is 0 Å². The maximum atomic E-state index is 12.9. The summed E-state index contributed by atoms with van der Waals surface area (Å²) in [5.74, 6) is -0.111. The van der Waals surface area contributed by atoms with Gasteiger partial charge in [-0.25, -0.2) is 0 Å². The summed E-state index contributed by atoms with van der Waals surface area (Å²) in [4.78, 5) is 25.3. The van der Waals surface area contributed by atoms with E-state index in [0.717, 1.165) is 5.56 Å². The number of hydrogen-bond donors (Lipinski definition) is 0. The van der Waals surface area contributed by atoms with Gasteiger partial charge in [-0.05, 0) is 17.9 Å². The highest BCUT2D eigenvalue weighted by molar-refractivity contribution is 5.98. The number of carbonyl (C=O) groups excluding carboxylic acids is 1. The van der Waals surface area contributed by atoms with Crippen LogP contribution in [0.1, 0.15) is 57.5 Å². The average molecular weight is 304 g/mol. The Balaban J connectivity index is 2.55. The highest BCUT2D eigenvalue weighted by Gasteiger charge is 2.41. The predicted molar refractivity (Wildman–Crippen MR) is 86.1 cm³/mol. The third-order valence-corrected chi connectivity index (χ3v) is 4.72. The van der Waals surface area contributed by atoms with Crippen LogP contribution in [0.3, 0.4) is 0 Å². The van der Waals surface area contributed by atoms with Crippen molar-refractivity contribution < 1.29 is 9.72 Å². The Morgan fingerprint density at radius 2 is 1.91 bits per heavy atom. The Labute approximate surface area is 131 Å². The van der Waals surface area contributed by atoms with E-state index < -0.39 is 4.92 Å². The molecule has 0 fully saturated rings.